The molecule has 0 aliphatic heterocycles. The molecule has 1 aromatic carbocycles. The topological polar surface area (TPSA) is 40.5 Å². The van der Waals surface area contributed by atoms with Gasteiger partial charge in [0, 0.05) is 32.7 Å². The Labute approximate surface area is 97.3 Å². The van der Waals surface area contributed by atoms with Crippen LogP contribution in [0.1, 0.15) is 5.56 Å². The standard InChI is InChI=1S/C8H8BO2.Y/c10-9(11)7-6-8-4-2-1-3-5-8;/h1-4,6-7,10-11H;/q-1;/b7-6+;. The first-order valence-electron chi connectivity index (χ1n) is 3.30. The molecule has 0 aliphatic rings. The summed E-state index contributed by atoms with van der Waals surface area (Å²) in [5, 5.41) is 16.9. The van der Waals surface area contributed by atoms with Gasteiger partial charge in [-0.2, -0.15) is 5.56 Å². The molecule has 59 valence electrons. The van der Waals surface area contributed by atoms with Gasteiger partial charge < -0.3 is 10.0 Å². The molecule has 4 heteroatoms. The van der Waals surface area contributed by atoms with Gasteiger partial charge in [0.1, 0.15) is 0 Å². The SMILES string of the molecule is OB(O)/C=C/c1[c-]cccc1.[Y]. The van der Waals surface area contributed by atoms with Crippen LogP contribution in [-0.4, -0.2) is 17.2 Å². The predicted octanol–water partition coefficient (Wildman–Crippen LogP) is 0.509. The molecule has 0 heterocycles. The van der Waals surface area contributed by atoms with Crippen LogP contribution in [0.15, 0.2) is 30.2 Å². The van der Waals surface area contributed by atoms with Gasteiger partial charge in [0.15, 0.2) is 0 Å². The third-order valence-corrected chi connectivity index (χ3v) is 1.18. The van der Waals surface area contributed by atoms with Crippen molar-refractivity contribution in [2.45, 2.75) is 0 Å². The van der Waals surface area contributed by atoms with Crippen molar-refractivity contribution in [1.82, 2.24) is 0 Å². The van der Waals surface area contributed by atoms with Crippen LogP contribution in [0.3, 0.4) is 0 Å². The fourth-order valence-corrected chi connectivity index (χ4v) is 0.701. The number of benzene rings is 1. The molecule has 0 saturated carbocycles. The zero-order chi connectivity index (χ0) is 8.10. The monoisotopic (exact) mass is 236 g/mol. The Morgan fingerprint density at radius 2 is 2.08 bits per heavy atom. The van der Waals surface area contributed by atoms with Gasteiger partial charge in [-0.05, 0) is 0 Å². The third kappa shape index (κ3) is 4.83. The zero-order valence-corrected chi connectivity index (χ0v) is 9.35. The summed E-state index contributed by atoms with van der Waals surface area (Å²) >= 11 is 0. The van der Waals surface area contributed by atoms with E-state index in [1.807, 2.05) is 18.2 Å². The van der Waals surface area contributed by atoms with Crippen molar-refractivity contribution >= 4 is 13.2 Å². The van der Waals surface area contributed by atoms with Crippen LogP contribution >= 0.6 is 0 Å². The largest absolute Gasteiger partial charge is 0.470 e. The molecular weight excluding hydrogens is 228 g/mol. The van der Waals surface area contributed by atoms with E-state index in [0.717, 1.165) is 5.56 Å². The summed E-state index contributed by atoms with van der Waals surface area (Å²) in [5.41, 5.74) is 0.834. The summed E-state index contributed by atoms with van der Waals surface area (Å²) < 4.78 is 0. The van der Waals surface area contributed by atoms with Gasteiger partial charge in [-0.25, -0.2) is 0 Å². The van der Waals surface area contributed by atoms with E-state index in [0.29, 0.717) is 0 Å². The minimum atomic E-state index is -1.39. The van der Waals surface area contributed by atoms with E-state index in [4.69, 9.17) is 10.0 Å². The van der Waals surface area contributed by atoms with Gasteiger partial charge in [-0.15, -0.1) is 36.4 Å². The molecule has 1 aromatic rings. The van der Waals surface area contributed by atoms with Crippen LogP contribution in [0, 0.1) is 6.07 Å². The van der Waals surface area contributed by atoms with Gasteiger partial charge in [0.05, 0.1) is 0 Å². The van der Waals surface area contributed by atoms with Crippen molar-refractivity contribution in [2.24, 2.45) is 0 Å². The third-order valence-electron chi connectivity index (χ3n) is 1.18. The minimum absolute atomic E-state index is 0. The van der Waals surface area contributed by atoms with Gasteiger partial charge in [0.2, 0.25) is 0 Å². The Bertz CT molecular complexity index is 236. The molecule has 0 unspecified atom stereocenters. The second-order valence-electron chi connectivity index (χ2n) is 2.09. The molecule has 0 amide bonds. The van der Waals surface area contributed by atoms with Crippen molar-refractivity contribution in [2.75, 3.05) is 0 Å². The van der Waals surface area contributed by atoms with E-state index in [1.54, 1.807) is 12.1 Å². The zero-order valence-electron chi connectivity index (χ0n) is 6.51. The molecular formula is C8H8BO2Y-. The van der Waals surface area contributed by atoms with Crippen molar-refractivity contribution in [3.63, 3.8) is 0 Å². The summed E-state index contributed by atoms with van der Waals surface area (Å²) in [4.78, 5) is 0. The summed E-state index contributed by atoms with van der Waals surface area (Å²) in [6.45, 7) is 0. The molecule has 1 rings (SSSR count). The maximum absolute atomic E-state index is 8.47. The van der Waals surface area contributed by atoms with Gasteiger partial charge in [0.25, 0.3) is 0 Å². The molecule has 0 saturated heterocycles. The molecule has 1 radical (unpaired) electrons. The molecule has 0 aromatic heterocycles. The fourth-order valence-electron chi connectivity index (χ4n) is 0.701. The fraction of sp³-hybridized carbons (Fsp3) is 0. The molecule has 12 heavy (non-hydrogen) atoms. The smallest absolute Gasteiger partial charge is 0.424 e. The molecule has 0 spiro atoms. The average molecular weight is 236 g/mol. The Hall–Kier alpha value is 0.0488. The van der Waals surface area contributed by atoms with Crippen molar-refractivity contribution in [1.29, 1.82) is 0 Å². The van der Waals surface area contributed by atoms with Gasteiger partial charge in [-0.1, -0.05) is 5.98 Å². The maximum atomic E-state index is 8.47. The molecule has 0 bridgehead atoms. The van der Waals surface area contributed by atoms with E-state index in [2.05, 4.69) is 6.07 Å². The number of rotatable bonds is 2. The minimum Gasteiger partial charge on any atom is -0.424 e. The van der Waals surface area contributed by atoms with E-state index >= 15 is 0 Å². The van der Waals surface area contributed by atoms with Crippen LogP contribution in [-0.2, 0) is 32.7 Å². The van der Waals surface area contributed by atoms with Gasteiger partial charge >= 0.3 is 7.12 Å². The molecule has 2 N–H and O–H groups in total. The van der Waals surface area contributed by atoms with Crippen LogP contribution in [0.5, 0.6) is 0 Å². The van der Waals surface area contributed by atoms with E-state index in [-0.39, 0.29) is 32.7 Å². The second kappa shape index (κ2) is 6.55. The Balaban J connectivity index is 0.00000121. The van der Waals surface area contributed by atoms with Crippen molar-refractivity contribution in [3.05, 3.63) is 41.9 Å². The van der Waals surface area contributed by atoms with Gasteiger partial charge in [-0.3, -0.25) is 0 Å². The van der Waals surface area contributed by atoms with E-state index < -0.39 is 7.12 Å². The Morgan fingerprint density at radius 1 is 1.33 bits per heavy atom. The van der Waals surface area contributed by atoms with Crippen LogP contribution in [0.4, 0.5) is 0 Å². The molecule has 0 atom stereocenters. The van der Waals surface area contributed by atoms with Crippen LogP contribution in [0.2, 0.25) is 0 Å². The van der Waals surface area contributed by atoms with Crippen molar-refractivity contribution < 1.29 is 42.8 Å². The first-order chi connectivity index (χ1) is 5.29. The normalized spacial score (nSPS) is 9.50. The summed E-state index contributed by atoms with van der Waals surface area (Å²) in [7, 11) is -1.39. The molecule has 2 nitrogen and oxygen atoms in total. The maximum Gasteiger partial charge on any atom is 0.470 e. The second-order valence-corrected chi connectivity index (χ2v) is 2.09. The van der Waals surface area contributed by atoms with E-state index in [1.165, 1.54) is 5.98 Å². The predicted molar refractivity (Wildman–Crippen MR) is 44.5 cm³/mol. The number of hydrogen-bond acceptors (Lipinski definition) is 2. The first kappa shape index (κ1) is 12.0. The number of hydrogen-bond donors (Lipinski definition) is 2. The Kier molecular flexibility index (Phi) is 6.58. The summed E-state index contributed by atoms with van der Waals surface area (Å²) in [5.74, 6) is 1.28. The first-order valence-corrected chi connectivity index (χ1v) is 3.30. The molecule has 0 fully saturated rings. The summed E-state index contributed by atoms with van der Waals surface area (Å²) in [6.07, 6.45) is 1.60. The van der Waals surface area contributed by atoms with Crippen LogP contribution < -0.4 is 0 Å². The average Bonchev–Trinajstić information content (AvgIpc) is 2.03. The summed E-state index contributed by atoms with van der Waals surface area (Å²) in [6, 6.07) is 10.2. The molecule has 0 aliphatic carbocycles. The van der Waals surface area contributed by atoms with Crippen molar-refractivity contribution in [3.8, 4) is 0 Å². The quantitative estimate of drug-likeness (QED) is 0.580. The van der Waals surface area contributed by atoms with Crippen LogP contribution in [0.25, 0.3) is 6.08 Å². The Morgan fingerprint density at radius 3 is 2.58 bits per heavy atom. The van der Waals surface area contributed by atoms with E-state index in [9.17, 15) is 0 Å².